The third kappa shape index (κ3) is 2.68. The normalized spacial score (nSPS) is 12.1. The second-order valence-electron chi connectivity index (χ2n) is 4.09. The van der Waals surface area contributed by atoms with Crippen LogP contribution in [0.3, 0.4) is 0 Å². The van der Waals surface area contributed by atoms with Gasteiger partial charge in [-0.1, -0.05) is 42.0 Å². The van der Waals surface area contributed by atoms with Gasteiger partial charge in [0.15, 0.2) is 0 Å². The lowest BCUT2D eigenvalue weighted by Gasteiger charge is -2.17. The summed E-state index contributed by atoms with van der Waals surface area (Å²) in [5.41, 5.74) is 8.84. The molecule has 1 aromatic carbocycles. The average Bonchev–Trinajstić information content (AvgIpc) is 2.34. The molecule has 18 heavy (non-hydrogen) atoms. The number of hydrogen-bond donors (Lipinski definition) is 1. The first-order valence-corrected chi connectivity index (χ1v) is 6.34. The van der Waals surface area contributed by atoms with Gasteiger partial charge in [-0.2, -0.15) is 0 Å². The van der Waals surface area contributed by atoms with E-state index in [1.165, 1.54) is 0 Å². The molecule has 1 unspecified atom stereocenters. The first kappa shape index (κ1) is 13.0. The zero-order chi connectivity index (χ0) is 13.1. The molecule has 0 spiro atoms. The lowest BCUT2D eigenvalue weighted by Crippen LogP contribution is -2.22. The minimum absolute atomic E-state index is 0.168. The van der Waals surface area contributed by atoms with Crippen molar-refractivity contribution in [3.63, 3.8) is 0 Å². The van der Waals surface area contributed by atoms with Crippen LogP contribution in [0.2, 0.25) is 5.02 Å². The molecule has 0 radical (unpaired) electrons. The van der Waals surface area contributed by atoms with Gasteiger partial charge < -0.3 is 5.73 Å². The van der Waals surface area contributed by atoms with Gasteiger partial charge in [-0.25, -0.2) is 0 Å². The highest BCUT2D eigenvalue weighted by atomic mass is 35.5. The van der Waals surface area contributed by atoms with Gasteiger partial charge in [-0.05, 0) is 36.2 Å². The molecular formula is C14H13ClN2S. The summed E-state index contributed by atoms with van der Waals surface area (Å²) in [5.74, 6) is -0.168. The second kappa shape index (κ2) is 5.46. The number of benzene rings is 1. The molecule has 1 atom stereocenters. The maximum absolute atomic E-state index is 5.89. The average molecular weight is 277 g/mol. The van der Waals surface area contributed by atoms with E-state index in [2.05, 4.69) is 4.98 Å². The minimum atomic E-state index is -0.168. The van der Waals surface area contributed by atoms with Gasteiger partial charge in [0.05, 0.1) is 16.6 Å². The van der Waals surface area contributed by atoms with Crippen molar-refractivity contribution < 1.29 is 0 Å². The smallest absolute Gasteiger partial charge is 0.0864 e. The Kier molecular flexibility index (Phi) is 3.94. The van der Waals surface area contributed by atoms with Crippen molar-refractivity contribution in [2.75, 3.05) is 0 Å². The number of aryl methyl sites for hydroxylation is 1. The van der Waals surface area contributed by atoms with Gasteiger partial charge in [0.1, 0.15) is 0 Å². The van der Waals surface area contributed by atoms with Crippen LogP contribution < -0.4 is 5.73 Å². The van der Waals surface area contributed by atoms with Gasteiger partial charge >= 0.3 is 0 Å². The number of rotatable bonds is 3. The Morgan fingerprint density at radius 2 is 1.94 bits per heavy atom. The van der Waals surface area contributed by atoms with Crippen LogP contribution in [0.4, 0.5) is 0 Å². The quantitative estimate of drug-likeness (QED) is 0.873. The van der Waals surface area contributed by atoms with Crippen molar-refractivity contribution in [3.8, 4) is 0 Å². The summed E-state index contributed by atoms with van der Waals surface area (Å²) in [6, 6.07) is 11.4. The first-order valence-electron chi connectivity index (χ1n) is 5.56. The Morgan fingerprint density at radius 1 is 1.28 bits per heavy atom. The summed E-state index contributed by atoms with van der Waals surface area (Å²) in [4.78, 5) is 4.81. The van der Waals surface area contributed by atoms with Gasteiger partial charge in [-0.3, -0.25) is 4.98 Å². The van der Waals surface area contributed by atoms with E-state index < -0.39 is 0 Å². The molecule has 0 saturated heterocycles. The summed E-state index contributed by atoms with van der Waals surface area (Å²) in [7, 11) is 0. The highest BCUT2D eigenvalue weighted by Crippen LogP contribution is 2.26. The van der Waals surface area contributed by atoms with Gasteiger partial charge in [-0.15, -0.1) is 0 Å². The SMILES string of the molecule is Cc1cccnc1C(C(N)=S)c1ccc(Cl)cc1. The van der Waals surface area contributed by atoms with Crippen molar-refractivity contribution in [3.05, 3.63) is 64.4 Å². The Hall–Kier alpha value is -1.45. The van der Waals surface area contributed by atoms with Crippen molar-refractivity contribution in [1.29, 1.82) is 0 Å². The number of nitrogens with two attached hydrogens (primary N) is 1. The topological polar surface area (TPSA) is 38.9 Å². The lowest BCUT2D eigenvalue weighted by molar-refractivity contribution is 0.976. The van der Waals surface area contributed by atoms with Gasteiger partial charge in [0.25, 0.3) is 0 Å². The van der Waals surface area contributed by atoms with E-state index in [4.69, 9.17) is 29.6 Å². The zero-order valence-corrected chi connectivity index (χ0v) is 11.5. The van der Waals surface area contributed by atoms with Crippen LogP contribution in [-0.2, 0) is 0 Å². The number of aromatic nitrogens is 1. The molecular weight excluding hydrogens is 264 g/mol. The predicted molar refractivity (Wildman–Crippen MR) is 79.1 cm³/mol. The highest BCUT2D eigenvalue weighted by molar-refractivity contribution is 7.80. The van der Waals surface area contributed by atoms with Crippen molar-refractivity contribution in [2.45, 2.75) is 12.8 Å². The maximum Gasteiger partial charge on any atom is 0.0864 e. The number of pyridine rings is 1. The van der Waals surface area contributed by atoms with E-state index >= 15 is 0 Å². The largest absolute Gasteiger partial charge is 0.392 e. The molecule has 0 saturated carbocycles. The number of halogens is 1. The molecule has 0 amide bonds. The second-order valence-corrected chi connectivity index (χ2v) is 5.00. The molecule has 0 aliphatic carbocycles. The molecule has 2 nitrogen and oxygen atoms in total. The standard InChI is InChI=1S/C14H13ClN2S/c1-9-3-2-8-17-13(9)12(14(16)18)10-4-6-11(15)7-5-10/h2-8,12H,1H3,(H2,16,18). The van der Waals surface area contributed by atoms with Gasteiger partial charge in [0.2, 0.25) is 0 Å². The van der Waals surface area contributed by atoms with Crippen LogP contribution in [0, 0.1) is 6.92 Å². The van der Waals surface area contributed by atoms with E-state index in [1.807, 2.05) is 43.3 Å². The fourth-order valence-corrected chi connectivity index (χ4v) is 2.29. The molecule has 92 valence electrons. The molecule has 2 rings (SSSR count). The summed E-state index contributed by atoms with van der Waals surface area (Å²) in [6.45, 7) is 2.00. The number of hydrogen-bond acceptors (Lipinski definition) is 2. The summed E-state index contributed by atoms with van der Waals surface area (Å²) in [5, 5.41) is 0.693. The van der Waals surface area contributed by atoms with E-state index in [1.54, 1.807) is 6.20 Å². The van der Waals surface area contributed by atoms with E-state index in [0.29, 0.717) is 10.0 Å². The molecule has 1 aromatic heterocycles. The maximum atomic E-state index is 5.89. The molecule has 1 heterocycles. The third-order valence-electron chi connectivity index (χ3n) is 2.81. The Labute approximate surface area is 117 Å². The van der Waals surface area contributed by atoms with Crippen LogP contribution in [0.5, 0.6) is 0 Å². The summed E-state index contributed by atoms with van der Waals surface area (Å²) < 4.78 is 0. The van der Waals surface area contributed by atoms with Gasteiger partial charge in [0, 0.05) is 11.2 Å². The molecule has 0 aliphatic rings. The van der Waals surface area contributed by atoms with E-state index in [-0.39, 0.29) is 5.92 Å². The number of nitrogens with zero attached hydrogens (tertiary/aromatic N) is 1. The fraction of sp³-hybridized carbons (Fsp3) is 0.143. The van der Waals surface area contributed by atoms with Crippen LogP contribution in [0.15, 0.2) is 42.6 Å². The predicted octanol–water partition coefficient (Wildman–Crippen LogP) is 3.46. The molecule has 2 aromatic rings. The lowest BCUT2D eigenvalue weighted by atomic mass is 9.93. The van der Waals surface area contributed by atoms with Crippen LogP contribution in [0.1, 0.15) is 22.7 Å². The van der Waals surface area contributed by atoms with Crippen molar-refractivity contribution in [1.82, 2.24) is 4.98 Å². The highest BCUT2D eigenvalue weighted by Gasteiger charge is 2.20. The summed E-state index contributed by atoms with van der Waals surface area (Å²) in [6.07, 6.45) is 1.75. The summed E-state index contributed by atoms with van der Waals surface area (Å²) >= 11 is 11.1. The molecule has 4 heteroatoms. The van der Waals surface area contributed by atoms with Crippen molar-refractivity contribution >= 4 is 28.8 Å². The Bertz CT molecular complexity index is 566. The molecule has 2 N–H and O–H groups in total. The van der Waals surface area contributed by atoms with Crippen LogP contribution >= 0.6 is 23.8 Å². The molecule has 0 bridgehead atoms. The van der Waals surface area contributed by atoms with E-state index in [9.17, 15) is 0 Å². The third-order valence-corrected chi connectivity index (χ3v) is 3.30. The first-order chi connectivity index (χ1) is 8.59. The number of thiocarbonyl (C=S) groups is 1. The minimum Gasteiger partial charge on any atom is -0.392 e. The van der Waals surface area contributed by atoms with Crippen LogP contribution in [0.25, 0.3) is 0 Å². The zero-order valence-electron chi connectivity index (χ0n) is 9.93. The Balaban J connectivity index is 2.50. The van der Waals surface area contributed by atoms with Crippen LogP contribution in [-0.4, -0.2) is 9.97 Å². The molecule has 0 fully saturated rings. The Morgan fingerprint density at radius 3 is 2.50 bits per heavy atom. The van der Waals surface area contributed by atoms with E-state index in [0.717, 1.165) is 16.8 Å². The molecule has 0 aliphatic heterocycles. The van der Waals surface area contributed by atoms with Crippen molar-refractivity contribution in [2.24, 2.45) is 5.73 Å². The fourth-order valence-electron chi connectivity index (χ4n) is 1.91. The monoisotopic (exact) mass is 276 g/mol.